The van der Waals surface area contributed by atoms with E-state index in [-0.39, 0.29) is 17.9 Å². The Morgan fingerprint density at radius 1 is 1.23 bits per heavy atom. The topological polar surface area (TPSA) is 88.1 Å². The molecule has 0 unspecified atom stereocenters. The molecular weight excluding hydrogens is 350 g/mol. The minimum atomic E-state index is -0.217. The maximum absolute atomic E-state index is 12.3. The molecule has 26 heavy (non-hydrogen) atoms. The van der Waals surface area contributed by atoms with Crippen molar-refractivity contribution < 1.29 is 4.79 Å². The number of carbonyl (C=O) groups is 1. The second-order valence-corrected chi connectivity index (χ2v) is 6.45. The van der Waals surface area contributed by atoms with E-state index in [1.807, 2.05) is 12.1 Å². The van der Waals surface area contributed by atoms with Crippen LogP contribution in [0.2, 0.25) is 0 Å². The van der Waals surface area contributed by atoms with Crippen molar-refractivity contribution in [1.29, 1.82) is 0 Å². The number of nitrogens with zero attached hydrogens (tertiary/aromatic N) is 2. The van der Waals surface area contributed by atoms with Crippen LogP contribution in [0.15, 0.2) is 29.1 Å². The standard InChI is InChI=1S/C18H25N5O2S/c1-3-4-7-12-19-18(26)22-21-16(24)11-10-15-20-14-9-6-5-8-13(14)17(25)23(15)2/h5-6,8-9H,3-4,7,10-12H2,1-2H3,(H,21,24)(H2,19,22,26). The van der Waals surface area contributed by atoms with E-state index in [2.05, 4.69) is 28.1 Å². The maximum atomic E-state index is 12.3. The van der Waals surface area contributed by atoms with Crippen molar-refractivity contribution in [2.45, 2.75) is 39.0 Å². The lowest BCUT2D eigenvalue weighted by Crippen LogP contribution is -2.47. The second kappa shape index (κ2) is 9.86. The fourth-order valence-electron chi connectivity index (χ4n) is 2.52. The van der Waals surface area contributed by atoms with Gasteiger partial charge in [0.1, 0.15) is 5.82 Å². The summed E-state index contributed by atoms with van der Waals surface area (Å²) in [5, 5.41) is 4.00. The van der Waals surface area contributed by atoms with Crippen molar-refractivity contribution in [2.24, 2.45) is 7.05 Å². The Kier molecular flexibility index (Phi) is 7.53. The number of fused-ring (bicyclic) bond motifs is 1. The molecule has 0 saturated heterocycles. The molecule has 2 aromatic rings. The summed E-state index contributed by atoms with van der Waals surface area (Å²) in [7, 11) is 1.67. The van der Waals surface area contributed by atoms with Gasteiger partial charge in [0.2, 0.25) is 5.91 Å². The molecule has 1 amide bonds. The van der Waals surface area contributed by atoms with Crippen LogP contribution in [0.3, 0.4) is 0 Å². The normalized spacial score (nSPS) is 10.5. The van der Waals surface area contributed by atoms with E-state index in [1.165, 1.54) is 4.57 Å². The van der Waals surface area contributed by atoms with Crippen LogP contribution in [0, 0.1) is 0 Å². The highest BCUT2D eigenvalue weighted by Gasteiger charge is 2.10. The summed E-state index contributed by atoms with van der Waals surface area (Å²) in [5.41, 5.74) is 5.77. The minimum absolute atomic E-state index is 0.110. The number of hydrogen-bond donors (Lipinski definition) is 3. The van der Waals surface area contributed by atoms with Crippen molar-refractivity contribution >= 4 is 34.1 Å². The van der Waals surface area contributed by atoms with E-state index in [1.54, 1.807) is 19.2 Å². The van der Waals surface area contributed by atoms with Crippen molar-refractivity contribution in [1.82, 2.24) is 25.7 Å². The van der Waals surface area contributed by atoms with Crippen LogP contribution < -0.4 is 21.7 Å². The number of rotatable bonds is 7. The van der Waals surface area contributed by atoms with Crippen molar-refractivity contribution in [2.75, 3.05) is 6.54 Å². The highest BCUT2D eigenvalue weighted by molar-refractivity contribution is 7.80. The second-order valence-electron chi connectivity index (χ2n) is 6.05. The van der Waals surface area contributed by atoms with Gasteiger partial charge in [-0.3, -0.25) is 25.0 Å². The third-order valence-corrected chi connectivity index (χ3v) is 4.28. The first kappa shape index (κ1) is 19.8. The van der Waals surface area contributed by atoms with Gasteiger partial charge in [-0.25, -0.2) is 4.98 Å². The van der Waals surface area contributed by atoms with Crippen molar-refractivity contribution in [3.63, 3.8) is 0 Å². The van der Waals surface area contributed by atoms with Gasteiger partial charge in [-0.1, -0.05) is 31.9 Å². The van der Waals surface area contributed by atoms with Gasteiger partial charge in [0.15, 0.2) is 5.11 Å². The smallest absolute Gasteiger partial charge is 0.261 e. The van der Waals surface area contributed by atoms with Gasteiger partial charge in [-0.15, -0.1) is 0 Å². The molecule has 0 saturated carbocycles. The molecule has 1 aromatic carbocycles. The number of carbonyl (C=O) groups excluding carboxylic acids is 1. The van der Waals surface area contributed by atoms with E-state index in [9.17, 15) is 9.59 Å². The summed E-state index contributed by atoms with van der Waals surface area (Å²) < 4.78 is 1.49. The molecule has 0 aliphatic heterocycles. The van der Waals surface area contributed by atoms with Gasteiger partial charge in [0.25, 0.3) is 5.56 Å². The van der Waals surface area contributed by atoms with E-state index < -0.39 is 0 Å². The summed E-state index contributed by atoms with van der Waals surface area (Å²) in [5.74, 6) is 0.356. The molecule has 0 aliphatic rings. The molecule has 0 spiro atoms. The van der Waals surface area contributed by atoms with E-state index in [0.29, 0.717) is 28.3 Å². The van der Waals surface area contributed by atoms with Crippen LogP contribution in [-0.2, 0) is 18.3 Å². The number of aryl methyl sites for hydroxylation is 1. The number of hydrogen-bond acceptors (Lipinski definition) is 4. The van der Waals surface area contributed by atoms with Crippen LogP contribution in [-0.4, -0.2) is 27.1 Å². The Balaban J connectivity index is 1.84. The Bertz CT molecular complexity index is 834. The summed E-state index contributed by atoms with van der Waals surface area (Å²) >= 11 is 5.10. The number of thiocarbonyl (C=S) groups is 1. The molecule has 7 nitrogen and oxygen atoms in total. The molecular formula is C18H25N5O2S. The zero-order valence-electron chi connectivity index (χ0n) is 15.2. The average molecular weight is 375 g/mol. The molecule has 0 fully saturated rings. The number of amides is 1. The first-order chi connectivity index (χ1) is 12.5. The van der Waals surface area contributed by atoms with Crippen LogP contribution in [0.4, 0.5) is 0 Å². The Morgan fingerprint density at radius 3 is 2.77 bits per heavy atom. The van der Waals surface area contributed by atoms with Gasteiger partial charge in [-0.05, 0) is 30.8 Å². The summed E-state index contributed by atoms with van der Waals surface area (Å²) in [6, 6.07) is 7.19. The first-order valence-electron chi connectivity index (χ1n) is 8.80. The zero-order valence-corrected chi connectivity index (χ0v) is 16.0. The quantitative estimate of drug-likeness (QED) is 0.387. The molecule has 8 heteroatoms. The summed E-state index contributed by atoms with van der Waals surface area (Å²) in [6.45, 7) is 2.91. The number of aromatic nitrogens is 2. The Morgan fingerprint density at radius 2 is 2.00 bits per heavy atom. The van der Waals surface area contributed by atoms with Crippen LogP contribution in [0.1, 0.15) is 38.4 Å². The molecule has 140 valence electrons. The highest BCUT2D eigenvalue weighted by Crippen LogP contribution is 2.08. The molecule has 0 aliphatic carbocycles. The van der Waals surface area contributed by atoms with Crippen molar-refractivity contribution in [3.8, 4) is 0 Å². The molecule has 1 heterocycles. The third kappa shape index (κ3) is 5.52. The SMILES string of the molecule is CCCCCNC(=S)NNC(=O)CCc1nc2ccccc2c(=O)n1C. The third-order valence-electron chi connectivity index (χ3n) is 4.03. The van der Waals surface area contributed by atoms with Crippen LogP contribution in [0.25, 0.3) is 10.9 Å². The lowest BCUT2D eigenvalue weighted by molar-refractivity contribution is -0.121. The molecule has 0 radical (unpaired) electrons. The molecule has 2 rings (SSSR count). The Hall–Kier alpha value is -2.48. The maximum Gasteiger partial charge on any atom is 0.261 e. The number of benzene rings is 1. The van der Waals surface area contributed by atoms with Crippen molar-refractivity contribution in [3.05, 3.63) is 40.4 Å². The van der Waals surface area contributed by atoms with E-state index >= 15 is 0 Å². The minimum Gasteiger partial charge on any atom is -0.361 e. The lowest BCUT2D eigenvalue weighted by atomic mass is 10.2. The summed E-state index contributed by atoms with van der Waals surface area (Å²) in [6.07, 6.45) is 3.88. The van der Waals surface area contributed by atoms with E-state index in [4.69, 9.17) is 12.2 Å². The summed E-state index contributed by atoms with van der Waals surface area (Å²) in [4.78, 5) is 28.8. The number of hydrazine groups is 1. The number of nitrogens with one attached hydrogen (secondary N) is 3. The largest absolute Gasteiger partial charge is 0.361 e. The van der Waals surface area contributed by atoms with Gasteiger partial charge in [0.05, 0.1) is 10.9 Å². The first-order valence-corrected chi connectivity index (χ1v) is 9.21. The fraction of sp³-hybridized carbons (Fsp3) is 0.444. The highest BCUT2D eigenvalue weighted by atomic mass is 32.1. The predicted molar refractivity (Wildman–Crippen MR) is 107 cm³/mol. The van der Waals surface area contributed by atoms with Gasteiger partial charge in [-0.2, -0.15) is 0 Å². The van der Waals surface area contributed by atoms with Crippen LogP contribution in [0.5, 0.6) is 0 Å². The van der Waals surface area contributed by atoms with E-state index in [0.717, 1.165) is 25.8 Å². The number of para-hydroxylation sites is 1. The molecule has 3 N–H and O–H groups in total. The van der Waals surface area contributed by atoms with Gasteiger partial charge in [0, 0.05) is 26.4 Å². The monoisotopic (exact) mass is 375 g/mol. The zero-order chi connectivity index (χ0) is 18.9. The molecule has 0 bridgehead atoms. The molecule has 1 aromatic heterocycles. The Labute approximate surface area is 158 Å². The predicted octanol–water partition coefficient (Wildman–Crippen LogP) is 1.55. The van der Waals surface area contributed by atoms with Gasteiger partial charge < -0.3 is 5.32 Å². The average Bonchev–Trinajstić information content (AvgIpc) is 2.65. The fourth-order valence-corrected chi connectivity index (χ4v) is 2.68. The lowest BCUT2D eigenvalue weighted by Gasteiger charge is -2.12. The molecule has 0 atom stereocenters. The van der Waals surface area contributed by atoms with Crippen LogP contribution >= 0.6 is 12.2 Å². The van der Waals surface area contributed by atoms with Gasteiger partial charge >= 0.3 is 0 Å². The number of unbranched alkanes of at least 4 members (excludes halogenated alkanes) is 2.